The average Bonchev–Trinajstić information content (AvgIpc) is 3.86. The molecule has 0 saturated carbocycles. The molecule has 0 atom stereocenters. The van der Waals surface area contributed by atoms with E-state index in [1.165, 1.54) is 11.1 Å². The summed E-state index contributed by atoms with van der Waals surface area (Å²) in [6.07, 6.45) is 1.82. The van der Waals surface area contributed by atoms with Crippen molar-refractivity contribution in [3.63, 3.8) is 0 Å². The third-order valence-electron chi connectivity index (χ3n) is 13.2. The van der Waals surface area contributed by atoms with Crippen LogP contribution in [-0.4, -0.2) is 9.55 Å². The van der Waals surface area contributed by atoms with Crippen LogP contribution in [0.15, 0.2) is 152 Å². The largest absolute Gasteiger partial charge is 0.509 e. The van der Waals surface area contributed by atoms with E-state index in [0.29, 0.717) is 17.1 Å². The molecule has 0 aliphatic carbocycles. The number of aromatic nitrogens is 2. The fourth-order valence-corrected chi connectivity index (χ4v) is 9.70. The average molecular weight is 1090 g/mol. The summed E-state index contributed by atoms with van der Waals surface area (Å²) in [6, 6.07) is 57.1. The maximum atomic E-state index is 15.4. The van der Waals surface area contributed by atoms with Gasteiger partial charge in [0.25, 0.3) is 0 Å². The molecule has 0 saturated heterocycles. The zero-order chi connectivity index (χ0) is 47.6. The molecule has 0 N–H and O–H groups in total. The van der Waals surface area contributed by atoms with E-state index in [4.69, 9.17) is 9.72 Å². The minimum Gasteiger partial charge on any atom is -0.509 e. The van der Waals surface area contributed by atoms with Crippen molar-refractivity contribution in [2.75, 3.05) is 9.80 Å². The molecule has 9 aromatic rings. The van der Waals surface area contributed by atoms with Gasteiger partial charge in [-0.1, -0.05) is 148 Å². The van der Waals surface area contributed by atoms with Crippen molar-refractivity contribution in [1.82, 2.24) is 9.55 Å². The third-order valence-corrected chi connectivity index (χ3v) is 13.2. The number of rotatable bonds is 9. The minimum atomic E-state index is -0.224. The van der Waals surface area contributed by atoms with Crippen LogP contribution in [0.5, 0.6) is 11.5 Å². The second kappa shape index (κ2) is 18.4. The number of hydrogen-bond donors (Lipinski definition) is 0. The Morgan fingerprint density at radius 1 is 0.594 bits per heavy atom. The standard InChI is InChI=1S/C62H58FN4O.Pt/c1-39(2)51-33-42(48-19-11-13-21-54(48)63)34-52(40(3)4)60(51)66-38-65(56-23-15-16-24-57(56)66)44-31-41(47-28-26-43(61(5,6)7)35-53(47)62(8,9)10)32-46(36-44)68-45-27-29-50-49-20-12-14-22-55(49)67(58(50)37-45)59-25-17-18-30-64-59;/h11-35,38-40H,1-10H3;/q-3;. The Balaban J connectivity index is 0.00000593. The van der Waals surface area contributed by atoms with Crippen LogP contribution in [0.25, 0.3) is 49.9 Å². The van der Waals surface area contributed by atoms with E-state index in [-0.39, 0.29) is 49.5 Å². The van der Waals surface area contributed by atoms with Crippen LogP contribution in [0.1, 0.15) is 103 Å². The summed E-state index contributed by atoms with van der Waals surface area (Å²) in [7, 11) is 0. The predicted molar refractivity (Wildman–Crippen MR) is 281 cm³/mol. The van der Waals surface area contributed by atoms with Crippen LogP contribution in [0.4, 0.5) is 27.1 Å². The van der Waals surface area contributed by atoms with Crippen LogP contribution >= 0.6 is 0 Å². The summed E-state index contributed by atoms with van der Waals surface area (Å²) >= 11 is 0. The zero-order valence-corrected chi connectivity index (χ0v) is 43.3. The van der Waals surface area contributed by atoms with E-state index in [2.05, 4.69) is 199 Å². The van der Waals surface area contributed by atoms with E-state index in [1.807, 2.05) is 42.6 Å². The molecule has 0 radical (unpaired) electrons. The molecule has 7 aromatic carbocycles. The molecular formula is C62H58FN4OPt-3. The summed E-state index contributed by atoms with van der Waals surface area (Å²) in [5, 5.41) is 2.19. The molecular weight excluding hydrogens is 1030 g/mol. The molecule has 1 aliphatic rings. The zero-order valence-electron chi connectivity index (χ0n) is 41.1. The van der Waals surface area contributed by atoms with Gasteiger partial charge in [-0.15, -0.1) is 53.6 Å². The normalized spacial score (nSPS) is 12.9. The van der Waals surface area contributed by atoms with Crippen molar-refractivity contribution in [2.24, 2.45) is 0 Å². The van der Waals surface area contributed by atoms with Crippen molar-refractivity contribution >= 4 is 44.6 Å². The number of para-hydroxylation sites is 3. The van der Waals surface area contributed by atoms with Gasteiger partial charge in [-0.25, -0.2) is 9.37 Å². The second-order valence-corrected chi connectivity index (χ2v) is 20.7. The number of ether oxygens (including phenoxy) is 1. The van der Waals surface area contributed by atoms with Crippen LogP contribution in [0, 0.1) is 24.6 Å². The van der Waals surface area contributed by atoms with Crippen molar-refractivity contribution in [1.29, 1.82) is 0 Å². The van der Waals surface area contributed by atoms with Gasteiger partial charge < -0.3 is 19.1 Å². The molecule has 0 unspecified atom stereocenters. The van der Waals surface area contributed by atoms with Gasteiger partial charge >= 0.3 is 0 Å². The minimum absolute atomic E-state index is 0. The van der Waals surface area contributed by atoms with Crippen LogP contribution < -0.4 is 14.5 Å². The summed E-state index contributed by atoms with van der Waals surface area (Å²) in [6.45, 7) is 24.7. The van der Waals surface area contributed by atoms with Crippen molar-refractivity contribution in [3.8, 4) is 39.6 Å². The van der Waals surface area contributed by atoms with E-state index in [1.54, 1.807) is 12.1 Å². The van der Waals surface area contributed by atoms with Gasteiger partial charge in [0.05, 0.1) is 0 Å². The van der Waals surface area contributed by atoms with Gasteiger partial charge in [0.1, 0.15) is 11.6 Å². The number of benzene rings is 7. The first-order valence-corrected chi connectivity index (χ1v) is 23.8. The molecule has 5 nitrogen and oxygen atoms in total. The fraction of sp³-hybridized carbons (Fsp3) is 0.226. The Labute approximate surface area is 421 Å². The maximum Gasteiger partial charge on any atom is 0.135 e. The van der Waals surface area contributed by atoms with Gasteiger partial charge in [-0.2, -0.15) is 6.07 Å². The molecule has 0 amide bonds. The quantitative estimate of drug-likeness (QED) is 0.135. The maximum absolute atomic E-state index is 15.4. The first kappa shape index (κ1) is 47.6. The molecule has 0 bridgehead atoms. The number of hydrogen-bond acceptors (Lipinski definition) is 4. The van der Waals surface area contributed by atoms with E-state index in [0.717, 1.165) is 78.2 Å². The van der Waals surface area contributed by atoms with Gasteiger partial charge in [-0.05, 0) is 110 Å². The molecule has 10 rings (SSSR count). The second-order valence-electron chi connectivity index (χ2n) is 20.7. The van der Waals surface area contributed by atoms with Crippen molar-refractivity contribution in [3.05, 3.63) is 199 Å². The first-order valence-electron chi connectivity index (χ1n) is 23.8. The topological polar surface area (TPSA) is 33.5 Å². The summed E-state index contributed by atoms with van der Waals surface area (Å²) in [5.41, 5.74) is 14.2. The molecule has 7 heteroatoms. The molecule has 2 aromatic heterocycles. The number of fused-ring (bicyclic) bond motifs is 4. The Hall–Kier alpha value is -6.49. The number of pyridine rings is 1. The van der Waals surface area contributed by atoms with Crippen LogP contribution in [0.2, 0.25) is 0 Å². The SMILES string of the molecule is CC(C)c1cc(-c2ccccc2F)cc(C(C)C)c1N1[CH-]N(c2[c-]c(Oc3[c-]c4c(cc3)c3ccccc3n4-c3ccccn3)cc(-c3ccc(C(C)(C)C)cc3C(C)(C)C)c2)c2ccccc21.[Pt]. The number of anilines is 4. The van der Waals surface area contributed by atoms with E-state index < -0.39 is 0 Å². The van der Waals surface area contributed by atoms with Crippen LogP contribution in [-0.2, 0) is 31.9 Å². The Morgan fingerprint density at radius 3 is 1.91 bits per heavy atom. The number of nitrogens with zero attached hydrogens (tertiary/aromatic N) is 4. The van der Waals surface area contributed by atoms with Gasteiger partial charge in [-0.3, -0.25) is 0 Å². The monoisotopic (exact) mass is 1090 g/mol. The van der Waals surface area contributed by atoms with E-state index >= 15 is 4.39 Å². The fourth-order valence-electron chi connectivity index (χ4n) is 9.70. The smallest absolute Gasteiger partial charge is 0.135 e. The van der Waals surface area contributed by atoms with E-state index in [9.17, 15) is 0 Å². The third kappa shape index (κ3) is 8.89. The summed E-state index contributed by atoms with van der Waals surface area (Å²) < 4.78 is 24.6. The molecule has 69 heavy (non-hydrogen) atoms. The van der Waals surface area contributed by atoms with Gasteiger partial charge in [0, 0.05) is 66.9 Å². The van der Waals surface area contributed by atoms with Crippen molar-refractivity contribution in [2.45, 2.75) is 91.9 Å². The molecule has 3 heterocycles. The molecule has 1 aliphatic heterocycles. The van der Waals surface area contributed by atoms with Crippen LogP contribution in [0.3, 0.4) is 0 Å². The molecule has 0 fully saturated rings. The Morgan fingerprint density at radius 2 is 1.25 bits per heavy atom. The number of halogens is 1. The molecule has 0 spiro atoms. The van der Waals surface area contributed by atoms with Gasteiger partial charge in [0.2, 0.25) is 0 Å². The predicted octanol–water partition coefficient (Wildman–Crippen LogP) is 17.3. The Kier molecular flexibility index (Phi) is 12.7. The molecule has 352 valence electrons. The van der Waals surface area contributed by atoms with Gasteiger partial charge in [0.15, 0.2) is 0 Å². The summed E-state index contributed by atoms with van der Waals surface area (Å²) in [5.74, 6) is 2.02. The summed E-state index contributed by atoms with van der Waals surface area (Å²) in [4.78, 5) is 9.31. The Bertz CT molecular complexity index is 3330. The first-order chi connectivity index (χ1) is 32.5. The van der Waals surface area contributed by atoms with Crippen molar-refractivity contribution < 1.29 is 30.2 Å².